The van der Waals surface area contributed by atoms with Crippen LogP contribution < -0.4 is 10.2 Å². The Hall–Kier alpha value is -2.47. The standard InChI is InChI=1S/C19H23N5O/c1-13-16-17(21-18(13)25)14(2)20-19(22-16)24-10-8-23(9-11-24)12-15-6-4-3-5-7-15/h3-7,13H,8-12H2,1-2H3,(H,21,25). The first-order valence-corrected chi connectivity index (χ1v) is 8.82. The van der Waals surface area contributed by atoms with Gasteiger partial charge in [0.1, 0.15) is 0 Å². The molecule has 1 fully saturated rings. The Kier molecular flexibility index (Phi) is 4.13. The molecule has 0 spiro atoms. The van der Waals surface area contributed by atoms with Crippen molar-refractivity contribution in [2.45, 2.75) is 26.3 Å². The van der Waals surface area contributed by atoms with Crippen LogP contribution in [0.1, 0.15) is 29.8 Å². The highest BCUT2D eigenvalue weighted by Gasteiger charge is 2.31. The second-order valence-electron chi connectivity index (χ2n) is 6.83. The third kappa shape index (κ3) is 3.09. The minimum atomic E-state index is -0.199. The number of rotatable bonds is 3. The monoisotopic (exact) mass is 337 g/mol. The first kappa shape index (κ1) is 16.0. The van der Waals surface area contributed by atoms with Gasteiger partial charge in [0.25, 0.3) is 0 Å². The zero-order valence-electron chi connectivity index (χ0n) is 14.7. The van der Waals surface area contributed by atoms with Crippen molar-refractivity contribution in [2.75, 3.05) is 36.4 Å². The van der Waals surface area contributed by atoms with Crippen molar-refractivity contribution in [3.05, 3.63) is 47.3 Å². The highest BCUT2D eigenvalue weighted by Crippen LogP contribution is 2.33. The number of nitrogens with zero attached hydrogens (tertiary/aromatic N) is 4. The molecule has 4 rings (SSSR count). The summed E-state index contributed by atoms with van der Waals surface area (Å²) in [6.07, 6.45) is 0. The first-order valence-electron chi connectivity index (χ1n) is 8.82. The van der Waals surface area contributed by atoms with E-state index in [0.717, 1.165) is 55.7 Å². The number of amides is 1. The van der Waals surface area contributed by atoms with E-state index in [1.165, 1.54) is 5.56 Å². The molecule has 0 bridgehead atoms. The van der Waals surface area contributed by atoms with Crippen LogP contribution in [-0.4, -0.2) is 47.0 Å². The lowest BCUT2D eigenvalue weighted by atomic mass is 10.1. The molecule has 3 heterocycles. The summed E-state index contributed by atoms with van der Waals surface area (Å²) in [7, 11) is 0. The molecule has 1 aromatic heterocycles. The van der Waals surface area contributed by atoms with E-state index in [4.69, 9.17) is 4.98 Å². The van der Waals surface area contributed by atoms with Crippen molar-refractivity contribution in [1.82, 2.24) is 14.9 Å². The van der Waals surface area contributed by atoms with Crippen LogP contribution in [0.2, 0.25) is 0 Å². The Labute approximate surface area is 147 Å². The number of hydrogen-bond acceptors (Lipinski definition) is 5. The predicted octanol–water partition coefficient (Wildman–Crippen LogP) is 2.16. The molecule has 1 atom stereocenters. The van der Waals surface area contributed by atoms with Crippen LogP contribution in [0.4, 0.5) is 11.6 Å². The molecule has 2 aliphatic heterocycles. The summed E-state index contributed by atoms with van der Waals surface area (Å²) in [5.74, 6) is 0.561. The molecule has 0 saturated carbocycles. The SMILES string of the molecule is Cc1nc(N2CCN(Cc3ccccc3)CC2)nc2c1NC(=O)C2C. The van der Waals surface area contributed by atoms with Gasteiger partial charge in [-0.05, 0) is 19.4 Å². The summed E-state index contributed by atoms with van der Waals surface area (Å²) in [4.78, 5) is 25.9. The molecule has 1 aromatic carbocycles. The highest BCUT2D eigenvalue weighted by molar-refractivity contribution is 6.02. The third-order valence-electron chi connectivity index (χ3n) is 5.06. The number of anilines is 2. The number of carbonyl (C=O) groups is 1. The van der Waals surface area contributed by atoms with E-state index >= 15 is 0 Å². The molecular weight excluding hydrogens is 314 g/mol. The quantitative estimate of drug-likeness (QED) is 0.930. The molecule has 1 N–H and O–H groups in total. The van der Waals surface area contributed by atoms with E-state index in [2.05, 4.69) is 50.4 Å². The second-order valence-corrected chi connectivity index (χ2v) is 6.83. The molecule has 1 saturated heterocycles. The number of carbonyl (C=O) groups excluding carboxylic acids is 1. The Morgan fingerprint density at radius 3 is 2.56 bits per heavy atom. The van der Waals surface area contributed by atoms with Gasteiger partial charge in [0.05, 0.1) is 23.0 Å². The molecule has 0 radical (unpaired) electrons. The average Bonchev–Trinajstić information content (AvgIpc) is 2.92. The predicted molar refractivity (Wildman–Crippen MR) is 97.7 cm³/mol. The molecule has 0 aliphatic carbocycles. The number of aryl methyl sites for hydroxylation is 1. The summed E-state index contributed by atoms with van der Waals surface area (Å²) in [6, 6.07) is 10.6. The lowest BCUT2D eigenvalue weighted by molar-refractivity contribution is -0.116. The van der Waals surface area contributed by atoms with E-state index in [1.807, 2.05) is 13.8 Å². The number of benzene rings is 1. The average molecular weight is 337 g/mol. The molecule has 2 aromatic rings. The van der Waals surface area contributed by atoms with E-state index in [-0.39, 0.29) is 11.8 Å². The van der Waals surface area contributed by atoms with Crippen LogP contribution in [0.15, 0.2) is 30.3 Å². The number of aromatic nitrogens is 2. The summed E-state index contributed by atoms with van der Waals surface area (Å²) in [6.45, 7) is 8.60. The molecular formula is C19H23N5O. The van der Waals surface area contributed by atoms with E-state index in [9.17, 15) is 4.79 Å². The first-order chi connectivity index (χ1) is 12.1. The fourth-order valence-electron chi connectivity index (χ4n) is 3.49. The van der Waals surface area contributed by atoms with Gasteiger partial charge < -0.3 is 10.2 Å². The smallest absolute Gasteiger partial charge is 0.233 e. The van der Waals surface area contributed by atoms with Gasteiger partial charge in [-0.2, -0.15) is 0 Å². The van der Waals surface area contributed by atoms with Crippen LogP contribution >= 0.6 is 0 Å². The van der Waals surface area contributed by atoms with Gasteiger partial charge in [0.15, 0.2) is 0 Å². The lowest BCUT2D eigenvalue weighted by Gasteiger charge is -2.35. The molecule has 25 heavy (non-hydrogen) atoms. The van der Waals surface area contributed by atoms with E-state index < -0.39 is 0 Å². The number of nitrogens with one attached hydrogen (secondary N) is 1. The van der Waals surface area contributed by atoms with Gasteiger partial charge in [-0.15, -0.1) is 0 Å². The van der Waals surface area contributed by atoms with Gasteiger partial charge in [-0.3, -0.25) is 9.69 Å². The maximum Gasteiger partial charge on any atom is 0.233 e. The zero-order valence-corrected chi connectivity index (χ0v) is 14.7. The molecule has 130 valence electrons. The number of piperazine rings is 1. The summed E-state index contributed by atoms with van der Waals surface area (Å²) >= 11 is 0. The topological polar surface area (TPSA) is 61.4 Å². The summed E-state index contributed by atoms with van der Waals surface area (Å²) < 4.78 is 0. The summed E-state index contributed by atoms with van der Waals surface area (Å²) in [5, 5.41) is 2.89. The highest BCUT2D eigenvalue weighted by atomic mass is 16.2. The van der Waals surface area contributed by atoms with Crippen LogP contribution in [0.5, 0.6) is 0 Å². The maximum absolute atomic E-state index is 11.9. The van der Waals surface area contributed by atoms with Gasteiger partial charge in [-0.1, -0.05) is 30.3 Å². The normalized spacial score (nSPS) is 20.5. The van der Waals surface area contributed by atoms with Crippen LogP contribution in [0.25, 0.3) is 0 Å². The maximum atomic E-state index is 11.9. The minimum absolute atomic E-state index is 0.0113. The Morgan fingerprint density at radius 1 is 1.12 bits per heavy atom. The second kappa shape index (κ2) is 6.44. The van der Waals surface area contributed by atoms with Crippen LogP contribution in [0, 0.1) is 6.92 Å². The fourth-order valence-corrected chi connectivity index (χ4v) is 3.49. The summed E-state index contributed by atoms with van der Waals surface area (Å²) in [5.41, 5.74) is 3.83. The van der Waals surface area contributed by atoms with Gasteiger partial charge >= 0.3 is 0 Å². The van der Waals surface area contributed by atoms with E-state index in [1.54, 1.807) is 0 Å². The number of hydrogen-bond donors (Lipinski definition) is 1. The lowest BCUT2D eigenvalue weighted by Crippen LogP contribution is -2.46. The largest absolute Gasteiger partial charge is 0.338 e. The van der Waals surface area contributed by atoms with Crippen LogP contribution in [-0.2, 0) is 11.3 Å². The molecule has 2 aliphatic rings. The van der Waals surface area contributed by atoms with Crippen LogP contribution in [0.3, 0.4) is 0 Å². The van der Waals surface area contributed by atoms with Gasteiger partial charge in [-0.25, -0.2) is 9.97 Å². The fraction of sp³-hybridized carbons (Fsp3) is 0.421. The zero-order chi connectivity index (χ0) is 17.4. The molecule has 6 heteroatoms. The van der Waals surface area contributed by atoms with Crippen molar-refractivity contribution in [2.24, 2.45) is 0 Å². The molecule has 1 unspecified atom stereocenters. The van der Waals surface area contributed by atoms with Crippen molar-refractivity contribution >= 4 is 17.5 Å². The van der Waals surface area contributed by atoms with Crippen molar-refractivity contribution in [1.29, 1.82) is 0 Å². The van der Waals surface area contributed by atoms with Crippen molar-refractivity contribution in [3.63, 3.8) is 0 Å². The van der Waals surface area contributed by atoms with Gasteiger partial charge in [0.2, 0.25) is 11.9 Å². The Morgan fingerprint density at radius 2 is 1.84 bits per heavy atom. The number of fused-ring (bicyclic) bond motifs is 1. The molecule has 6 nitrogen and oxygen atoms in total. The Bertz CT molecular complexity index is 784. The third-order valence-corrected chi connectivity index (χ3v) is 5.06. The van der Waals surface area contributed by atoms with E-state index in [0.29, 0.717) is 0 Å². The Balaban J connectivity index is 1.45. The minimum Gasteiger partial charge on any atom is -0.338 e. The van der Waals surface area contributed by atoms with Gasteiger partial charge in [0, 0.05) is 32.7 Å². The van der Waals surface area contributed by atoms with Crippen molar-refractivity contribution in [3.8, 4) is 0 Å². The van der Waals surface area contributed by atoms with Crippen molar-refractivity contribution < 1.29 is 4.79 Å². The molecule has 1 amide bonds.